The molecule has 0 atom stereocenters. The Bertz CT molecular complexity index is 176. The summed E-state index contributed by atoms with van der Waals surface area (Å²) in [6.45, 7) is 1.63. The molecule has 1 saturated heterocycles. The molecule has 0 aromatic rings. The van der Waals surface area contributed by atoms with Gasteiger partial charge in [0.15, 0.2) is 5.79 Å². The molecule has 2 nitrogen and oxygen atoms in total. The van der Waals surface area contributed by atoms with Gasteiger partial charge in [-0.15, -0.1) is 0 Å². The third-order valence-corrected chi connectivity index (χ3v) is 4.01. The number of hydrogen-bond donors (Lipinski definition) is 0. The van der Waals surface area contributed by atoms with E-state index in [1.54, 1.807) is 0 Å². The van der Waals surface area contributed by atoms with Gasteiger partial charge in [-0.25, -0.2) is 0 Å². The number of fused-ring (bicyclic) bond motifs is 2. The molecule has 1 heterocycles. The quantitative estimate of drug-likeness (QED) is 0.572. The number of ether oxygens (including phenoxy) is 2. The van der Waals surface area contributed by atoms with Crippen molar-refractivity contribution >= 4 is 0 Å². The smallest absolute Gasteiger partial charge is 0.168 e. The van der Waals surface area contributed by atoms with Gasteiger partial charge in [0.1, 0.15) is 0 Å². The Morgan fingerprint density at radius 1 is 0.846 bits per heavy atom. The fourth-order valence-corrected chi connectivity index (χ4v) is 3.10. The van der Waals surface area contributed by atoms with Crippen LogP contribution in [0.1, 0.15) is 38.5 Å². The molecular weight excluding hydrogens is 164 g/mol. The Labute approximate surface area is 79.6 Å². The van der Waals surface area contributed by atoms with Crippen molar-refractivity contribution in [3.8, 4) is 0 Å². The molecule has 2 heteroatoms. The highest BCUT2D eigenvalue weighted by Crippen LogP contribution is 2.46. The van der Waals surface area contributed by atoms with E-state index in [2.05, 4.69) is 0 Å². The van der Waals surface area contributed by atoms with Crippen molar-refractivity contribution in [3.63, 3.8) is 0 Å². The standard InChI is InChI=1S/C11H18O2/c1-3-11(12-5-6-13-11)4-2-10-7-9(1)8-10/h9-10H,1-8H2. The van der Waals surface area contributed by atoms with Crippen molar-refractivity contribution in [1.29, 1.82) is 0 Å². The molecule has 1 aliphatic heterocycles. The summed E-state index contributed by atoms with van der Waals surface area (Å²) in [5.41, 5.74) is 0. The molecule has 1 spiro atoms. The minimum absolute atomic E-state index is 0.142. The molecule has 3 aliphatic carbocycles. The lowest BCUT2D eigenvalue weighted by Gasteiger charge is -2.42. The van der Waals surface area contributed by atoms with E-state index in [4.69, 9.17) is 9.47 Å². The number of rotatable bonds is 0. The van der Waals surface area contributed by atoms with Gasteiger partial charge >= 0.3 is 0 Å². The van der Waals surface area contributed by atoms with Gasteiger partial charge in [0.05, 0.1) is 13.2 Å². The van der Waals surface area contributed by atoms with Crippen molar-refractivity contribution in [2.24, 2.45) is 11.8 Å². The Kier molecular flexibility index (Phi) is 1.88. The maximum absolute atomic E-state index is 5.76. The van der Waals surface area contributed by atoms with Crippen LogP contribution < -0.4 is 0 Å². The van der Waals surface area contributed by atoms with Gasteiger partial charge in [0, 0.05) is 12.8 Å². The summed E-state index contributed by atoms with van der Waals surface area (Å²) in [4.78, 5) is 0. The van der Waals surface area contributed by atoms with E-state index < -0.39 is 0 Å². The summed E-state index contributed by atoms with van der Waals surface area (Å²) in [5.74, 6) is 1.85. The first kappa shape index (κ1) is 8.25. The molecule has 2 bridgehead atoms. The van der Waals surface area contributed by atoms with Crippen LogP contribution in [0.15, 0.2) is 0 Å². The van der Waals surface area contributed by atoms with Crippen molar-refractivity contribution in [3.05, 3.63) is 0 Å². The fraction of sp³-hybridized carbons (Fsp3) is 1.00. The maximum Gasteiger partial charge on any atom is 0.168 e. The van der Waals surface area contributed by atoms with Gasteiger partial charge in [-0.05, 0) is 37.5 Å². The van der Waals surface area contributed by atoms with Crippen molar-refractivity contribution in [2.75, 3.05) is 13.2 Å². The highest BCUT2D eigenvalue weighted by atomic mass is 16.7. The Morgan fingerprint density at radius 2 is 1.38 bits per heavy atom. The predicted molar refractivity (Wildman–Crippen MR) is 49.3 cm³/mol. The SMILES string of the molecule is C1COC2(CCC3CC(CC2)C3)O1. The average molecular weight is 182 g/mol. The molecular formula is C11H18O2. The maximum atomic E-state index is 5.76. The van der Waals surface area contributed by atoms with Gasteiger partial charge < -0.3 is 9.47 Å². The van der Waals surface area contributed by atoms with Crippen LogP contribution in [0.3, 0.4) is 0 Å². The van der Waals surface area contributed by atoms with E-state index in [9.17, 15) is 0 Å². The molecule has 0 aromatic heterocycles. The zero-order valence-electron chi connectivity index (χ0n) is 8.13. The van der Waals surface area contributed by atoms with E-state index in [1.165, 1.54) is 25.7 Å². The molecule has 0 aromatic carbocycles. The largest absolute Gasteiger partial charge is 0.348 e. The summed E-state index contributed by atoms with van der Waals surface area (Å²) in [6, 6.07) is 0. The predicted octanol–water partition coefficient (Wildman–Crippen LogP) is 2.33. The van der Waals surface area contributed by atoms with Gasteiger partial charge in [-0.2, -0.15) is 0 Å². The lowest BCUT2D eigenvalue weighted by atomic mass is 9.67. The van der Waals surface area contributed by atoms with Gasteiger partial charge in [0.25, 0.3) is 0 Å². The van der Waals surface area contributed by atoms with Crippen molar-refractivity contribution in [1.82, 2.24) is 0 Å². The summed E-state index contributed by atoms with van der Waals surface area (Å²) < 4.78 is 11.5. The Morgan fingerprint density at radius 3 is 1.92 bits per heavy atom. The highest BCUT2D eigenvalue weighted by Gasteiger charge is 2.42. The second-order valence-corrected chi connectivity index (χ2v) is 4.89. The molecule has 4 aliphatic rings. The summed E-state index contributed by atoms with van der Waals surface area (Å²) in [6.07, 6.45) is 7.91. The molecule has 0 unspecified atom stereocenters. The minimum Gasteiger partial charge on any atom is -0.348 e. The molecule has 0 radical (unpaired) electrons. The van der Waals surface area contributed by atoms with E-state index in [-0.39, 0.29) is 5.79 Å². The van der Waals surface area contributed by atoms with Crippen LogP contribution in [0.5, 0.6) is 0 Å². The Hall–Kier alpha value is -0.0800. The lowest BCUT2D eigenvalue weighted by molar-refractivity contribution is -0.181. The van der Waals surface area contributed by atoms with E-state index in [1.807, 2.05) is 0 Å². The van der Waals surface area contributed by atoms with Crippen LogP contribution in [0.4, 0.5) is 0 Å². The molecule has 3 saturated carbocycles. The van der Waals surface area contributed by atoms with E-state index >= 15 is 0 Å². The van der Waals surface area contributed by atoms with Crippen molar-refractivity contribution in [2.45, 2.75) is 44.3 Å². The first-order valence-corrected chi connectivity index (χ1v) is 5.64. The number of hydrogen-bond acceptors (Lipinski definition) is 2. The average Bonchev–Trinajstić information content (AvgIpc) is 2.44. The monoisotopic (exact) mass is 182 g/mol. The molecule has 0 amide bonds. The second-order valence-electron chi connectivity index (χ2n) is 4.89. The van der Waals surface area contributed by atoms with Crippen LogP contribution in [-0.2, 0) is 9.47 Å². The van der Waals surface area contributed by atoms with Gasteiger partial charge in [-0.3, -0.25) is 0 Å². The molecule has 74 valence electrons. The zero-order valence-corrected chi connectivity index (χ0v) is 8.13. The van der Waals surface area contributed by atoms with Crippen LogP contribution in [0, 0.1) is 11.8 Å². The van der Waals surface area contributed by atoms with Crippen LogP contribution >= 0.6 is 0 Å². The molecule has 13 heavy (non-hydrogen) atoms. The van der Waals surface area contributed by atoms with E-state index in [0.717, 1.165) is 37.9 Å². The summed E-state index contributed by atoms with van der Waals surface area (Å²) >= 11 is 0. The van der Waals surface area contributed by atoms with Crippen molar-refractivity contribution < 1.29 is 9.47 Å². The third kappa shape index (κ3) is 1.40. The first-order valence-electron chi connectivity index (χ1n) is 5.64. The lowest BCUT2D eigenvalue weighted by Crippen LogP contribution is -2.37. The van der Waals surface area contributed by atoms with E-state index in [0.29, 0.717) is 0 Å². The third-order valence-electron chi connectivity index (χ3n) is 4.01. The minimum atomic E-state index is -0.142. The highest BCUT2D eigenvalue weighted by molar-refractivity contribution is 4.88. The van der Waals surface area contributed by atoms with Crippen LogP contribution in [-0.4, -0.2) is 19.0 Å². The Balaban J connectivity index is 1.68. The zero-order chi connectivity index (χ0) is 8.73. The fourth-order valence-electron chi connectivity index (χ4n) is 3.10. The topological polar surface area (TPSA) is 18.5 Å². The summed E-state index contributed by atoms with van der Waals surface area (Å²) in [5, 5.41) is 0. The molecule has 4 fully saturated rings. The first-order chi connectivity index (χ1) is 6.36. The summed E-state index contributed by atoms with van der Waals surface area (Å²) in [7, 11) is 0. The van der Waals surface area contributed by atoms with Gasteiger partial charge in [-0.1, -0.05) is 0 Å². The van der Waals surface area contributed by atoms with Crippen LogP contribution in [0.2, 0.25) is 0 Å². The van der Waals surface area contributed by atoms with Crippen LogP contribution in [0.25, 0.3) is 0 Å². The molecule has 4 rings (SSSR count). The normalized spacial score (nSPS) is 42.5. The van der Waals surface area contributed by atoms with Gasteiger partial charge in [0.2, 0.25) is 0 Å². The second kappa shape index (κ2) is 2.96. The molecule has 0 N–H and O–H groups in total.